The minimum absolute atomic E-state index is 0.246. The van der Waals surface area contributed by atoms with Gasteiger partial charge in [0.25, 0.3) is 11.8 Å². The van der Waals surface area contributed by atoms with E-state index in [-0.39, 0.29) is 10.8 Å². The molecule has 10 heteroatoms. The number of carbonyl (C=O) groups excluding carboxylic acids is 2. The molecule has 4 nitrogen and oxygen atoms in total. The Hall–Kier alpha value is -2.78. The highest BCUT2D eigenvalue weighted by Gasteiger charge is 2.37. The summed E-state index contributed by atoms with van der Waals surface area (Å²) >= 11 is 10.8. The number of hydrogen-bond donors (Lipinski definition) is 1. The molecule has 144 valence electrons. The van der Waals surface area contributed by atoms with Crippen LogP contribution in [0.15, 0.2) is 48.0 Å². The van der Waals surface area contributed by atoms with Crippen LogP contribution >= 0.6 is 23.8 Å². The summed E-state index contributed by atoms with van der Waals surface area (Å²) in [6.45, 7) is 0. The van der Waals surface area contributed by atoms with Gasteiger partial charge in [0.15, 0.2) is 5.11 Å². The fraction of sp³-hybridized carbons (Fsp3) is 0.0556. The van der Waals surface area contributed by atoms with E-state index < -0.39 is 40.5 Å². The number of halogens is 5. The van der Waals surface area contributed by atoms with Gasteiger partial charge < -0.3 is 0 Å². The minimum Gasteiger partial charge on any atom is -0.298 e. The van der Waals surface area contributed by atoms with E-state index in [1.165, 1.54) is 24.3 Å². The molecule has 0 unspecified atom stereocenters. The van der Waals surface area contributed by atoms with Crippen molar-refractivity contribution in [3.05, 3.63) is 70.0 Å². The molecule has 1 aliphatic rings. The van der Waals surface area contributed by atoms with Crippen LogP contribution in [0.25, 0.3) is 6.08 Å². The van der Waals surface area contributed by atoms with Gasteiger partial charge in [0.2, 0.25) is 0 Å². The Morgan fingerprint density at radius 3 is 2.32 bits per heavy atom. The van der Waals surface area contributed by atoms with Gasteiger partial charge in [-0.1, -0.05) is 11.6 Å². The van der Waals surface area contributed by atoms with Crippen molar-refractivity contribution < 1.29 is 27.2 Å². The molecule has 28 heavy (non-hydrogen) atoms. The van der Waals surface area contributed by atoms with E-state index in [1.807, 2.05) is 0 Å². The highest BCUT2D eigenvalue weighted by Crippen LogP contribution is 2.34. The molecule has 2 aromatic carbocycles. The number of hydrogen-bond acceptors (Lipinski definition) is 3. The van der Waals surface area contributed by atoms with Crippen molar-refractivity contribution in [2.75, 3.05) is 4.90 Å². The third-order valence-corrected chi connectivity index (χ3v) is 4.34. The predicted molar refractivity (Wildman–Crippen MR) is 99.1 cm³/mol. The zero-order chi connectivity index (χ0) is 20.6. The van der Waals surface area contributed by atoms with E-state index in [2.05, 4.69) is 5.32 Å². The molecule has 0 aromatic heterocycles. The van der Waals surface area contributed by atoms with Crippen LogP contribution in [0.1, 0.15) is 11.1 Å². The van der Waals surface area contributed by atoms with Gasteiger partial charge in [-0.15, -0.1) is 0 Å². The van der Waals surface area contributed by atoms with E-state index in [4.69, 9.17) is 23.8 Å². The van der Waals surface area contributed by atoms with E-state index in [1.54, 1.807) is 0 Å². The van der Waals surface area contributed by atoms with Gasteiger partial charge in [-0.3, -0.25) is 19.8 Å². The first-order valence-corrected chi connectivity index (χ1v) is 8.40. The van der Waals surface area contributed by atoms with Gasteiger partial charge in [0, 0.05) is 5.02 Å². The van der Waals surface area contributed by atoms with Crippen molar-refractivity contribution in [2.24, 2.45) is 0 Å². The van der Waals surface area contributed by atoms with Gasteiger partial charge >= 0.3 is 6.18 Å². The minimum atomic E-state index is -4.81. The second kappa shape index (κ2) is 7.33. The molecule has 0 aliphatic carbocycles. The number of benzene rings is 2. The maximum Gasteiger partial charge on any atom is 0.416 e. The van der Waals surface area contributed by atoms with Crippen LogP contribution in [0.5, 0.6) is 0 Å². The van der Waals surface area contributed by atoms with Gasteiger partial charge in [-0.2, -0.15) is 13.2 Å². The van der Waals surface area contributed by atoms with Crippen LogP contribution in [-0.4, -0.2) is 16.9 Å². The van der Waals surface area contributed by atoms with Crippen molar-refractivity contribution in [3.8, 4) is 0 Å². The van der Waals surface area contributed by atoms with E-state index in [0.717, 1.165) is 4.90 Å². The Balaban J connectivity index is 2.10. The molecule has 2 aromatic rings. The summed E-state index contributed by atoms with van der Waals surface area (Å²) in [4.78, 5) is 25.9. The molecule has 1 N–H and O–H groups in total. The smallest absolute Gasteiger partial charge is 0.298 e. The zero-order valence-electron chi connectivity index (χ0n) is 13.7. The van der Waals surface area contributed by atoms with Crippen LogP contribution in [0.3, 0.4) is 0 Å². The second-order valence-electron chi connectivity index (χ2n) is 5.66. The first-order chi connectivity index (χ1) is 13.1. The van der Waals surface area contributed by atoms with Gasteiger partial charge in [0.1, 0.15) is 11.4 Å². The highest BCUT2D eigenvalue weighted by molar-refractivity contribution is 7.80. The molecule has 3 rings (SSSR count). The molecular weight excluding hydrogens is 420 g/mol. The Morgan fingerprint density at radius 2 is 1.71 bits per heavy atom. The molecule has 1 fully saturated rings. The molecule has 0 spiro atoms. The highest BCUT2D eigenvalue weighted by atomic mass is 35.5. The maximum absolute atomic E-state index is 13.5. The lowest BCUT2D eigenvalue weighted by Crippen LogP contribution is -2.54. The van der Waals surface area contributed by atoms with Gasteiger partial charge in [0.05, 0.1) is 11.3 Å². The summed E-state index contributed by atoms with van der Waals surface area (Å²) < 4.78 is 53.1. The Labute approximate surface area is 166 Å². The van der Waals surface area contributed by atoms with E-state index in [9.17, 15) is 27.2 Å². The molecule has 0 atom stereocenters. The maximum atomic E-state index is 13.5. The molecule has 1 saturated heterocycles. The first-order valence-electron chi connectivity index (χ1n) is 7.61. The molecule has 0 saturated carbocycles. The first kappa shape index (κ1) is 20.0. The van der Waals surface area contributed by atoms with E-state index >= 15 is 0 Å². The SMILES string of the molecule is O=C1NC(=S)N(c2ccc(Cl)cc2)C(=O)/C1=C/c1cc(F)ccc1C(F)(F)F. The fourth-order valence-electron chi connectivity index (χ4n) is 2.55. The van der Waals surface area contributed by atoms with Crippen molar-refractivity contribution in [3.63, 3.8) is 0 Å². The summed E-state index contributed by atoms with van der Waals surface area (Å²) in [7, 11) is 0. The van der Waals surface area contributed by atoms with E-state index in [0.29, 0.717) is 29.3 Å². The number of nitrogens with one attached hydrogen (secondary N) is 1. The molecule has 1 aliphatic heterocycles. The monoisotopic (exact) mass is 428 g/mol. The molecule has 0 bridgehead atoms. The van der Waals surface area contributed by atoms with Crippen LogP contribution in [0, 0.1) is 5.82 Å². The average molecular weight is 429 g/mol. The van der Waals surface area contributed by atoms with Crippen molar-refractivity contribution >= 4 is 52.5 Å². The summed E-state index contributed by atoms with van der Waals surface area (Å²) in [5, 5.41) is 2.37. The van der Waals surface area contributed by atoms with Gasteiger partial charge in [-0.25, -0.2) is 4.39 Å². The second-order valence-corrected chi connectivity index (χ2v) is 6.49. The molecular formula is C18H9ClF4N2O2S. The zero-order valence-corrected chi connectivity index (χ0v) is 15.3. The topological polar surface area (TPSA) is 49.4 Å². The fourth-order valence-corrected chi connectivity index (χ4v) is 2.96. The Kier molecular flexibility index (Phi) is 5.22. The molecule has 1 heterocycles. The summed E-state index contributed by atoms with van der Waals surface area (Å²) in [6.07, 6.45) is -4.12. The average Bonchev–Trinajstić information content (AvgIpc) is 2.59. The standard InChI is InChI=1S/C18H9ClF4N2O2S/c19-10-1-4-12(5-2-10)25-16(27)13(15(26)24-17(25)28)8-9-7-11(20)3-6-14(9)18(21,22)23/h1-8H,(H,24,26,28)/b13-8+. The summed E-state index contributed by atoms with van der Waals surface area (Å²) in [6, 6.07) is 7.62. The number of alkyl halides is 3. The van der Waals surface area contributed by atoms with Crippen LogP contribution < -0.4 is 10.2 Å². The van der Waals surface area contributed by atoms with Crippen LogP contribution in [0.2, 0.25) is 5.02 Å². The van der Waals surface area contributed by atoms with Gasteiger partial charge in [-0.05, 0) is 66.3 Å². The van der Waals surface area contributed by atoms with Crippen LogP contribution in [0.4, 0.5) is 23.2 Å². The lowest BCUT2D eigenvalue weighted by atomic mass is 10.0. The third kappa shape index (κ3) is 3.90. The number of nitrogens with zero attached hydrogens (tertiary/aromatic N) is 1. The lowest BCUT2D eigenvalue weighted by molar-refractivity contribution is -0.137. The number of thiocarbonyl (C=S) groups is 1. The molecule has 2 amide bonds. The lowest BCUT2D eigenvalue weighted by Gasteiger charge is -2.29. The Morgan fingerprint density at radius 1 is 1.07 bits per heavy atom. The van der Waals surface area contributed by atoms with Crippen molar-refractivity contribution in [1.29, 1.82) is 0 Å². The number of rotatable bonds is 2. The Bertz CT molecular complexity index is 1020. The molecule has 0 radical (unpaired) electrons. The third-order valence-electron chi connectivity index (χ3n) is 3.81. The summed E-state index contributed by atoms with van der Waals surface area (Å²) in [5.41, 5.74) is -2.22. The summed E-state index contributed by atoms with van der Waals surface area (Å²) in [5.74, 6) is -2.89. The number of carbonyl (C=O) groups is 2. The van der Waals surface area contributed by atoms with Crippen molar-refractivity contribution in [2.45, 2.75) is 6.18 Å². The number of anilines is 1. The van der Waals surface area contributed by atoms with Crippen LogP contribution in [-0.2, 0) is 15.8 Å². The van der Waals surface area contributed by atoms with Crippen molar-refractivity contribution in [1.82, 2.24) is 5.32 Å². The normalized spacial score (nSPS) is 16.5. The number of amides is 2. The predicted octanol–water partition coefficient (Wildman–Crippen LogP) is 4.33. The largest absolute Gasteiger partial charge is 0.416 e. The quantitative estimate of drug-likeness (QED) is 0.335.